The first-order valence-electron chi connectivity index (χ1n) is 10.6. The summed E-state index contributed by atoms with van der Waals surface area (Å²) in [5.41, 5.74) is 4.22. The fourth-order valence-electron chi connectivity index (χ4n) is 3.36. The predicted molar refractivity (Wildman–Crippen MR) is 128 cm³/mol. The maximum atomic E-state index is 6.21. The van der Waals surface area contributed by atoms with Crippen LogP contribution in [0.4, 0.5) is 5.13 Å². The third-order valence-electron chi connectivity index (χ3n) is 5.05. The summed E-state index contributed by atoms with van der Waals surface area (Å²) in [5.74, 6) is 2.09. The molecule has 2 aromatic heterocycles. The zero-order chi connectivity index (χ0) is 21.5. The van der Waals surface area contributed by atoms with E-state index in [1.807, 2.05) is 30.5 Å². The lowest BCUT2D eigenvalue weighted by Crippen LogP contribution is -2.35. The quantitative estimate of drug-likeness (QED) is 0.467. The zero-order valence-corrected chi connectivity index (χ0v) is 18.7. The number of hydrogen-bond acceptors (Lipinski definition) is 7. The molecule has 2 aliphatic rings. The number of aliphatic imine (C=N–C) groups is 1. The number of anilines is 1. The minimum absolute atomic E-state index is 0.544. The summed E-state index contributed by atoms with van der Waals surface area (Å²) < 4.78 is 6.21. The Balaban J connectivity index is 1.52. The fraction of sp³-hybridized carbons (Fsp3) is 0.292. The third-order valence-corrected chi connectivity index (χ3v) is 5.81. The van der Waals surface area contributed by atoms with Crippen molar-refractivity contribution in [3.8, 4) is 17.1 Å². The molecule has 6 nitrogen and oxygen atoms in total. The lowest BCUT2D eigenvalue weighted by molar-refractivity contribution is 0.427. The van der Waals surface area contributed by atoms with Crippen molar-refractivity contribution in [3.63, 3.8) is 0 Å². The fourth-order valence-corrected chi connectivity index (χ4v) is 4.07. The first-order valence-corrected chi connectivity index (χ1v) is 11.5. The van der Waals surface area contributed by atoms with E-state index in [9.17, 15) is 0 Å². The molecule has 0 amide bonds. The molecular weight excluding hydrogens is 406 g/mol. The SMILES string of the molecule is C/C=C(\C=C(/C)C1=CC=CCC1)Oc1ncccc1-c1csc(NC2=NCCCN2)n1. The number of rotatable bonds is 6. The van der Waals surface area contributed by atoms with Gasteiger partial charge in [0.15, 0.2) is 11.1 Å². The molecule has 0 saturated carbocycles. The van der Waals surface area contributed by atoms with E-state index in [1.54, 1.807) is 6.20 Å². The van der Waals surface area contributed by atoms with Crippen LogP contribution in [0.3, 0.4) is 0 Å². The molecule has 0 bridgehead atoms. The number of thiazole rings is 1. The van der Waals surface area contributed by atoms with Crippen LogP contribution in [-0.2, 0) is 0 Å². The largest absolute Gasteiger partial charge is 0.439 e. The van der Waals surface area contributed by atoms with Crippen LogP contribution in [0, 0.1) is 0 Å². The van der Waals surface area contributed by atoms with E-state index in [-0.39, 0.29) is 0 Å². The van der Waals surface area contributed by atoms with E-state index in [2.05, 4.69) is 51.8 Å². The standard InChI is InChI=1S/C24H27N5OS/c1-3-19(15-17(2)18-9-5-4-6-10-18)30-22-20(11-7-12-25-22)21-16-31-24(28-21)29-23-26-13-8-14-27-23/h3-5,7,9,11-12,15-16H,6,8,10,13-14H2,1-2H3,(H2,26,27,28,29)/b17-15+,19-3+. The van der Waals surface area contributed by atoms with Gasteiger partial charge in [0.1, 0.15) is 5.76 Å². The monoisotopic (exact) mass is 433 g/mol. The van der Waals surface area contributed by atoms with Crippen molar-refractivity contribution in [1.29, 1.82) is 0 Å². The number of guanidine groups is 1. The van der Waals surface area contributed by atoms with Crippen molar-refractivity contribution >= 4 is 22.4 Å². The van der Waals surface area contributed by atoms with E-state index in [1.165, 1.54) is 22.5 Å². The van der Waals surface area contributed by atoms with Crippen LogP contribution in [0.1, 0.15) is 33.1 Å². The summed E-state index contributed by atoms with van der Waals surface area (Å²) in [6.07, 6.45) is 15.4. The highest BCUT2D eigenvalue weighted by Crippen LogP contribution is 2.32. The first-order chi connectivity index (χ1) is 15.2. The number of aromatic nitrogens is 2. The molecule has 1 aliphatic heterocycles. The average molecular weight is 434 g/mol. The molecule has 1 aliphatic carbocycles. The topological polar surface area (TPSA) is 71.4 Å². The molecule has 0 fully saturated rings. The molecule has 3 heterocycles. The van der Waals surface area contributed by atoms with Gasteiger partial charge in [-0.15, -0.1) is 11.3 Å². The van der Waals surface area contributed by atoms with Crippen LogP contribution in [0.2, 0.25) is 0 Å². The van der Waals surface area contributed by atoms with Crippen LogP contribution in [0.15, 0.2) is 76.0 Å². The highest BCUT2D eigenvalue weighted by Gasteiger charge is 2.14. The summed E-state index contributed by atoms with van der Waals surface area (Å²) in [7, 11) is 0. The van der Waals surface area contributed by atoms with Crippen LogP contribution < -0.4 is 15.4 Å². The molecular formula is C24H27N5OS. The molecule has 160 valence electrons. The summed E-state index contributed by atoms with van der Waals surface area (Å²) in [4.78, 5) is 13.6. The molecule has 2 aromatic rings. The van der Waals surface area contributed by atoms with Gasteiger partial charge in [-0.3, -0.25) is 4.99 Å². The maximum absolute atomic E-state index is 6.21. The maximum Gasteiger partial charge on any atom is 0.228 e. The lowest BCUT2D eigenvalue weighted by Gasteiger charge is -2.14. The molecule has 0 unspecified atom stereocenters. The second-order valence-corrected chi connectivity index (χ2v) is 8.17. The van der Waals surface area contributed by atoms with E-state index < -0.39 is 0 Å². The molecule has 4 rings (SSSR count). The van der Waals surface area contributed by atoms with Crippen molar-refractivity contribution in [3.05, 3.63) is 71.0 Å². The second kappa shape index (κ2) is 10.2. The van der Waals surface area contributed by atoms with Gasteiger partial charge in [-0.05, 0) is 68.5 Å². The Bertz CT molecular complexity index is 1080. The number of allylic oxidation sites excluding steroid dienone is 7. The number of ether oxygens (including phenoxy) is 1. The van der Waals surface area contributed by atoms with Crippen molar-refractivity contribution in [2.75, 3.05) is 18.4 Å². The smallest absolute Gasteiger partial charge is 0.228 e. The van der Waals surface area contributed by atoms with Gasteiger partial charge in [0.25, 0.3) is 0 Å². The van der Waals surface area contributed by atoms with E-state index in [0.29, 0.717) is 5.88 Å². The Labute approximate surface area is 187 Å². The average Bonchev–Trinajstić information content (AvgIpc) is 3.28. The molecule has 0 aromatic carbocycles. The number of hydrogen-bond donors (Lipinski definition) is 2. The van der Waals surface area contributed by atoms with Gasteiger partial charge >= 0.3 is 0 Å². The van der Waals surface area contributed by atoms with E-state index in [0.717, 1.165) is 60.5 Å². The van der Waals surface area contributed by atoms with Crippen molar-refractivity contribution in [2.45, 2.75) is 33.1 Å². The second-order valence-electron chi connectivity index (χ2n) is 7.31. The van der Waals surface area contributed by atoms with Gasteiger partial charge in [-0.1, -0.05) is 18.2 Å². The number of nitrogens with zero attached hydrogens (tertiary/aromatic N) is 3. The van der Waals surface area contributed by atoms with Gasteiger partial charge < -0.3 is 15.4 Å². The highest BCUT2D eigenvalue weighted by molar-refractivity contribution is 7.14. The zero-order valence-electron chi connectivity index (χ0n) is 17.9. The highest BCUT2D eigenvalue weighted by atomic mass is 32.1. The number of pyridine rings is 1. The predicted octanol–water partition coefficient (Wildman–Crippen LogP) is 5.47. The van der Waals surface area contributed by atoms with Gasteiger partial charge in [-0.2, -0.15) is 0 Å². The van der Waals surface area contributed by atoms with Gasteiger partial charge in [0.05, 0.1) is 11.3 Å². The lowest BCUT2D eigenvalue weighted by atomic mass is 9.98. The summed E-state index contributed by atoms with van der Waals surface area (Å²) in [5, 5.41) is 9.30. The molecule has 7 heteroatoms. The van der Waals surface area contributed by atoms with Crippen LogP contribution in [0.5, 0.6) is 5.88 Å². The molecule has 2 N–H and O–H groups in total. The number of nitrogens with one attached hydrogen (secondary N) is 2. The Morgan fingerprint density at radius 1 is 1.35 bits per heavy atom. The van der Waals surface area contributed by atoms with E-state index >= 15 is 0 Å². The normalized spacial score (nSPS) is 17.0. The van der Waals surface area contributed by atoms with Gasteiger partial charge in [0, 0.05) is 24.7 Å². The molecule has 31 heavy (non-hydrogen) atoms. The van der Waals surface area contributed by atoms with Gasteiger partial charge in [-0.25, -0.2) is 9.97 Å². The van der Waals surface area contributed by atoms with Crippen LogP contribution in [0.25, 0.3) is 11.3 Å². The van der Waals surface area contributed by atoms with Crippen LogP contribution in [-0.4, -0.2) is 29.0 Å². The Morgan fingerprint density at radius 3 is 3.06 bits per heavy atom. The Kier molecular flexibility index (Phi) is 6.94. The van der Waals surface area contributed by atoms with Crippen molar-refractivity contribution < 1.29 is 4.74 Å². The van der Waals surface area contributed by atoms with Gasteiger partial charge in [0.2, 0.25) is 5.88 Å². The minimum atomic E-state index is 0.544. The van der Waals surface area contributed by atoms with Crippen molar-refractivity contribution in [2.24, 2.45) is 4.99 Å². The molecule has 0 atom stereocenters. The summed E-state index contributed by atoms with van der Waals surface area (Å²) in [6.45, 7) is 5.86. The Morgan fingerprint density at radius 2 is 2.29 bits per heavy atom. The first kappa shape index (κ1) is 21.1. The summed E-state index contributed by atoms with van der Waals surface area (Å²) in [6, 6.07) is 3.88. The summed E-state index contributed by atoms with van der Waals surface area (Å²) >= 11 is 1.53. The third kappa shape index (κ3) is 5.49. The van der Waals surface area contributed by atoms with E-state index in [4.69, 9.17) is 9.72 Å². The minimum Gasteiger partial charge on any atom is -0.439 e. The van der Waals surface area contributed by atoms with Crippen LogP contribution >= 0.6 is 11.3 Å². The molecule has 0 saturated heterocycles. The molecule has 0 radical (unpaired) electrons. The molecule has 0 spiro atoms. The Hall–Kier alpha value is -3.19. The van der Waals surface area contributed by atoms with Crippen molar-refractivity contribution in [1.82, 2.24) is 15.3 Å².